The lowest BCUT2D eigenvalue weighted by atomic mass is 10.1. The van der Waals surface area contributed by atoms with E-state index in [0.717, 1.165) is 12.1 Å². The number of rotatable bonds is 2. The van der Waals surface area contributed by atoms with Gasteiger partial charge in [-0.05, 0) is 31.2 Å². The molecule has 0 spiro atoms. The highest BCUT2D eigenvalue weighted by atomic mass is 19.4. The molecule has 0 saturated carbocycles. The van der Waals surface area contributed by atoms with E-state index in [2.05, 4.69) is 10.1 Å². The van der Waals surface area contributed by atoms with Gasteiger partial charge in [-0.2, -0.15) is 13.2 Å². The van der Waals surface area contributed by atoms with Gasteiger partial charge in [0.1, 0.15) is 0 Å². The molecule has 0 aromatic heterocycles. The fourth-order valence-corrected chi connectivity index (χ4v) is 2.33. The lowest BCUT2D eigenvalue weighted by molar-refractivity contribution is -0.175. The van der Waals surface area contributed by atoms with Crippen molar-refractivity contribution in [3.05, 3.63) is 29.8 Å². The fourth-order valence-electron chi connectivity index (χ4n) is 2.33. The molecule has 1 fully saturated rings. The third-order valence-electron chi connectivity index (χ3n) is 3.64. The molecule has 9 heteroatoms. The van der Waals surface area contributed by atoms with Crippen LogP contribution in [0.1, 0.15) is 12.5 Å². The number of esters is 1. The van der Waals surface area contributed by atoms with Crippen molar-refractivity contribution in [2.24, 2.45) is 0 Å². The van der Waals surface area contributed by atoms with Crippen molar-refractivity contribution in [1.82, 2.24) is 4.90 Å². The molecule has 132 valence electrons. The monoisotopic (exact) mass is 346 g/mol. The summed E-state index contributed by atoms with van der Waals surface area (Å²) in [5.74, 6) is -0.602. The average molecular weight is 346 g/mol. The van der Waals surface area contributed by atoms with Gasteiger partial charge in [0.2, 0.25) is 0 Å². The molecular formula is C15H17F3N2O4. The highest BCUT2D eigenvalue weighted by molar-refractivity contribution is 5.90. The first-order valence-electron chi connectivity index (χ1n) is 7.11. The third-order valence-corrected chi connectivity index (χ3v) is 3.64. The van der Waals surface area contributed by atoms with Crippen molar-refractivity contribution in [3.8, 4) is 0 Å². The highest BCUT2D eigenvalue weighted by Gasteiger charge is 2.41. The number of carbonyl (C=O) groups is 2. The Hall–Kier alpha value is -2.29. The average Bonchev–Trinajstić information content (AvgIpc) is 2.53. The SMILES string of the molecule is COC(=O)C1(C)CN(C(=O)Nc2ccc(C(F)(F)F)cc2)CCO1. The number of benzene rings is 1. The number of hydrogen-bond donors (Lipinski definition) is 1. The van der Waals surface area contributed by atoms with Crippen molar-refractivity contribution in [2.45, 2.75) is 18.7 Å². The summed E-state index contributed by atoms with van der Waals surface area (Å²) >= 11 is 0. The van der Waals surface area contributed by atoms with Crippen LogP contribution < -0.4 is 5.32 Å². The number of morpholine rings is 1. The van der Waals surface area contributed by atoms with Crippen LogP contribution >= 0.6 is 0 Å². The molecule has 1 saturated heterocycles. The normalized spacial score (nSPS) is 21.3. The largest absolute Gasteiger partial charge is 0.467 e. The van der Waals surface area contributed by atoms with Crippen LogP contribution in [0.25, 0.3) is 0 Å². The standard InChI is InChI=1S/C15H17F3N2O4/c1-14(12(21)23-2)9-20(7-8-24-14)13(22)19-11-5-3-10(4-6-11)15(16,17)18/h3-6H,7-9H2,1-2H3,(H,19,22). The number of methoxy groups -OCH3 is 1. The number of urea groups is 1. The van der Waals surface area contributed by atoms with E-state index >= 15 is 0 Å². The van der Waals surface area contributed by atoms with Gasteiger partial charge in [-0.1, -0.05) is 0 Å². The molecule has 1 heterocycles. The Kier molecular flexibility index (Phi) is 5.02. The summed E-state index contributed by atoms with van der Waals surface area (Å²) in [4.78, 5) is 25.3. The second kappa shape index (κ2) is 6.68. The van der Waals surface area contributed by atoms with E-state index in [4.69, 9.17) is 4.74 Å². The first-order valence-corrected chi connectivity index (χ1v) is 7.11. The van der Waals surface area contributed by atoms with Crippen molar-refractivity contribution >= 4 is 17.7 Å². The Bertz CT molecular complexity index is 618. The van der Waals surface area contributed by atoms with Crippen molar-refractivity contribution < 1.29 is 32.2 Å². The smallest absolute Gasteiger partial charge is 0.416 e. The maximum absolute atomic E-state index is 12.5. The Morgan fingerprint density at radius 3 is 2.46 bits per heavy atom. The molecule has 1 N–H and O–H groups in total. The van der Waals surface area contributed by atoms with Gasteiger partial charge in [-0.15, -0.1) is 0 Å². The van der Waals surface area contributed by atoms with Crippen LogP contribution in [-0.4, -0.2) is 49.3 Å². The fraction of sp³-hybridized carbons (Fsp3) is 0.467. The number of nitrogens with zero attached hydrogens (tertiary/aromatic N) is 1. The van der Waals surface area contributed by atoms with Crippen LogP contribution in [0, 0.1) is 0 Å². The second-order valence-corrected chi connectivity index (χ2v) is 5.50. The summed E-state index contributed by atoms with van der Waals surface area (Å²) in [5, 5.41) is 2.50. The minimum absolute atomic E-state index is 0.0217. The van der Waals surface area contributed by atoms with Gasteiger partial charge in [0.25, 0.3) is 0 Å². The van der Waals surface area contributed by atoms with Crippen molar-refractivity contribution in [1.29, 1.82) is 0 Å². The van der Waals surface area contributed by atoms with Crippen LogP contribution in [0.5, 0.6) is 0 Å². The van der Waals surface area contributed by atoms with Crippen molar-refractivity contribution in [2.75, 3.05) is 32.1 Å². The van der Waals surface area contributed by atoms with Crippen molar-refractivity contribution in [3.63, 3.8) is 0 Å². The van der Waals surface area contributed by atoms with Gasteiger partial charge in [0.05, 0.1) is 25.8 Å². The summed E-state index contributed by atoms with van der Waals surface area (Å²) in [6, 6.07) is 3.57. The molecule has 1 aliphatic heterocycles. The van der Waals surface area contributed by atoms with E-state index < -0.39 is 29.3 Å². The van der Waals surface area contributed by atoms with E-state index in [1.807, 2.05) is 0 Å². The Morgan fingerprint density at radius 1 is 1.29 bits per heavy atom. The van der Waals surface area contributed by atoms with Gasteiger partial charge in [0.15, 0.2) is 5.60 Å². The molecule has 6 nitrogen and oxygen atoms in total. The molecule has 0 aliphatic carbocycles. The summed E-state index contributed by atoms with van der Waals surface area (Å²) in [6.07, 6.45) is -4.44. The zero-order valence-corrected chi connectivity index (χ0v) is 13.1. The zero-order valence-electron chi connectivity index (χ0n) is 13.1. The van der Waals surface area contributed by atoms with E-state index in [0.29, 0.717) is 0 Å². The molecule has 0 radical (unpaired) electrons. The van der Waals surface area contributed by atoms with E-state index in [-0.39, 0.29) is 25.4 Å². The minimum Gasteiger partial charge on any atom is -0.467 e. The Morgan fingerprint density at radius 2 is 1.92 bits per heavy atom. The van der Waals surface area contributed by atoms with E-state index in [9.17, 15) is 22.8 Å². The lowest BCUT2D eigenvalue weighted by Crippen LogP contribution is -2.57. The number of nitrogens with one attached hydrogen (secondary N) is 1. The molecule has 24 heavy (non-hydrogen) atoms. The summed E-state index contributed by atoms with van der Waals surface area (Å²) in [7, 11) is 1.22. The molecule has 0 bridgehead atoms. The lowest BCUT2D eigenvalue weighted by Gasteiger charge is -2.38. The number of hydrogen-bond acceptors (Lipinski definition) is 4. The summed E-state index contributed by atoms with van der Waals surface area (Å²) in [6.45, 7) is 1.88. The zero-order chi connectivity index (χ0) is 18.0. The number of ether oxygens (including phenoxy) is 2. The first kappa shape index (κ1) is 18.1. The molecule has 2 rings (SSSR count). The van der Waals surface area contributed by atoms with Gasteiger partial charge in [-0.25, -0.2) is 9.59 Å². The van der Waals surface area contributed by atoms with Gasteiger partial charge in [-0.3, -0.25) is 0 Å². The number of carbonyl (C=O) groups excluding carboxylic acids is 2. The van der Waals surface area contributed by atoms with E-state index in [1.165, 1.54) is 31.1 Å². The van der Waals surface area contributed by atoms with Crippen LogP contribution in [0.3, 0.4) is 0 Å². The molecule has 2 amide bonds. The molecular weight excluding hydrogens is 329 g/mol. The maximum Gasteiger partial charge on any atom is 0.416 e. The quantitative estimate of drug-likeness (QED) is 0.836. The van der Waals surface area contributed by atoms with Gasteiger partial charge < -0.3 is 19.7 Å². The molecule has 1 unspecified atom stereocenters. The number of alkyl halides is 3. The first-order chi connectivity index (χ1) is 11.2. The molecule has 1 aromatic rings. The van der Waals surface area contributed by atoms with Gasteiger partial charge >= 0.3 is 18.2 Å². The number of anilines is 1. The predicted molar refractivity (Wildman–Crippen MR) is 78.4 cm³/mol. The number of halogens is 3. The van der Waals surface area contributed by atoms with Crippen LogP contribution in [0.4, 0.5) is 23.7 Å². The van der Waals surface area contributed by atoms with Gasteiger partial charge in [0, 0.05) is 12.2 Å². The Balaban J connectivity index is 2.03. The predicted octanol–water partition coefficient (Wildman–Crippen LogP) is 2.50. The minimum atomic E-state index is -4.44. The topological polar surface area (TPSA) is 67.9 Å². The summed E-state index contributed by atoms with van der Waals surface area (Å²) < 4.78 is 47.6. The maximum atomic E-state index is 12.5. The molecule has 1 aliphatic rings. The third kappa shape index (κ3) is 3.97. The molecule has 1 aromatic carbocycles. The molecule has 1 atom stereocenters. The highest BCUT2D eigenvalue weighted by Crippen LogP contribution is 2.30. The van der Waals surface area contributed by atoms with Crippen LogP contribution in [0.2, 0.25) is 0 Å². The van der Waals surface area contributed by atoms with Crippen LogP contribution in [0.15, 0.2) is 24.3 Å². The second-order valence-electron chi connectivity index (χ2n) is 5.50. The number of amides is 2. The summed E-state index contributed by atoms with van der Waals surface area (Å²) in [5.41, 5.74) is -1.85. The van der Waals surface area contributed by atoms with Crippen LogP contribution in [-0.2, 0) is 20.4 Å². The Labute approximate surface area is 136 Å². The van der Waals surface area contributed by atoms with E-state index in [1.54, 1.807) is 0 Å².